The highest BCUT2D eigenvalue weighted by Crippen LogP contribution is 2.36. The van der Waals surface area contributed by atoms with Crippen LogP contribution in [0.15, 0.2) is 65.7 Å². The van der Waals surface area contributed by atoms with Crippen LogP contribution in [0.5, 0.6) is 0 Å². The second kappa shape index (κ2) is 7.09. The molecule has 0 unspecified atom stereocenters. The number of thiophene rings is 1. The monoisotopic (exact) mass is 388 g/mol. The third kappa shape index (κ3) is 3.14. The zero-order valence-electron chi connectivity index (χ0n) is 15.9. The van der Waals surface area contributed by atoms with Gasteiger partial charge in [0.1, 0.15) is 5.70 Å². The van der Waals surface area contributed by atoms with Gasteiger partial charge in [0.15, 0.2) is 0 Å². The molecule has 0 fully saturated rings. The molecule has 4 rings (SSSR count). The standard InChI is InChI=1S/C23H20N2O2S/c1-14-6-4-7-17(12-14)24-21-20(19-8-5-11-28-19)22(26)25(23(21)27)18-10-9-15(2)16(3)13-18/h4-13,24H,1-3H3. The third-order valence-electron chi connectivity index (χ3n) is 4.89. The SMILES string of the molecule is Cc1cccc(NC2=C(c3cccs3)C(=O)N(c3ccc(C)c(C)c3)C2=O)c1. The number of rotatable bonds is 4. The quantitative estimate of drug-likeness (QED) is 0.635. The van der Waals surface area contributed by atoms with Crippen LogP contribution in [-0.4, -0.2) is 11.8 Å². The summed E-state index contributed by atoms with van der Waals surface area (Å²) < 4.78 is 0. The Balaban J connectivity index is 1.80. The predicted molar refractivity (Wildman–Crippen MR) is 114 cm³/mol. The van der Waals surface area contributed by atoms with Crippen LogP contribution in [-0.2, 0) is 9.59 Å². The minimum atomic E-state index is -0.335. The van der Waals surface area contributed by atoms with E-state index in [2.05, 4.69) is 5.32 Å². The second-order valence-corrected chi connectivity index (χ2v) is 7.88. The van der Waals surface area contributed by atoms with Crippen LogP contribution in [0.2, 0.25) is 0 Å². The molecule has 2 amide bonds. The van der Waals surface area contributed by atoms with Crippen molar-refractivity contribution in [2.45, 2.75) is 20.8 Å². The maximum absolute atomic E-state index is 13.3. The van der Waals surface area contributed by atoms with Crippen molar-refractivity contribution in [1.82, 2.24) is 0 Å². The Hall–Kier alpha value is -3.18. The van der Waals surface area contributed by atoms with E-state index in [0.717, 1.165) is 27.3 Å². The number of amides is 2. The van der Waals surface area contributed by atoms with Gasteiger partial charge in [0.2, 0.25) is 0 Å². The molecule has 0 aliphatic carbocycles. The lowest BCUT2D eigenvalue weighted by Crippen LogP contribution is -2.32. The lowest BCUT2D eigenvalue weighted by molar-refractivity contribution is -0.120. The van der Waals surface area contributed by atoms with Crippen molar-refractivity contribution in [3.8, 4) is 0 Å². The number of carbonyl (C=O) groups is 2. The van der Waals surface area contributed by atoms with Gasteiger partial charge in [-0.15, -0.1) is 11.3 Å². The molecule has 1 aromatic heterocycles. The molecular weight excluding hydrogens is 368 g/mol. The van der Waals surface area contributed by atoms with E-state index in [1.165, 1.54) is 16.2 Å². The number of aryl methyl sites for hydroxylation is 3. The zero-order chi connectivity index (χ0) is 19.8. The minimum Gasteiger partial charge on any atom is -0.350 e. The topological polar surface area (TPSA) is 49.4 Å². The first-order valence-electron chi connectivity index (χ1n) is 9.03. The Labute approximate surface area is 168 Å². The molecular formula is C23H20N2O2S. The summed E-state index contributed by atoms with van der Waals surface area (Å²) in [6.07, 6.45) is 0. The number of carbonyl (C=O) groups excluding carboxylic acids is 2. The highest BCUT2D eigenvalue weighted by molar-refractivity contribution is 7.11. The van der Waals surface area contributed by atoms with Gasteiger partial charge < -0.3 is 5.32 Å². The van der Waals surface area contributed by atoms with Crippen LogP contribution in [0, 0.1) is 20.8 Å². The summed E-state index contributed by atoms with van der Waals surface area (Å²) in [6, 6.07) is 17.1. The first kappa shape index (κ1) is 18.2. The third-order valence-corrected chi connectivity index (χ3v) is 5.77. The van der Waals surface area contributed by atoms with Crippen molar-refractivity contribution in [2.75, 3.05) is 10.2 Å². The molecule has 4 nitrogen and oxygen atoms in total. The maximum atomic E-state index is 13.3. The molecule has 2 heterocycles. The predicted octanol–water partition coefficient (Wildman–Crippen LogP) is 5.07. The summed E-state index contributed by atoms with van der Waals surface area (Å²) in [5, 5.41) is 5.11. The fraction of sp³-hybridized carbons (Fsp3) is 0.130. The van der Waals surface area contributed by atoms with Crippen LogP contribution >= 0.6 is 11.3 Å². The van der Waals surface area contributed by atoms with E-state index in [1.807, 2.05) is 80.7 Å². The van der Waals surface area contributed by atoms with E-state index in [4.69, 9.17) is 0 Å². The number of hydrogen-bond donors (Lipinski definition) is 1. The average Bonchev–Trinajstić information content (AvgIpc) is 3.25. The van der Waals surface area contributed by atoms with E-state index in [-0.39, 0.29) is 11.8 Å². The number of nitrogens with zero attached hydrogens (tertiary/aromatic N) is 1. The van der Waals surface area contributed by atoms with Gasteiger partial charge in [-0.3, -0.25) is 9.59 Å². The molecule has 2 aromatic carbocycles. The van der Waals surface area contributed by atoms with E-state index in [0.29, 0.717) is 17.0 Å². The largest absolute Gasteiger partial charge is 0.350 e. The fourth-order valence-corrected chi connectivity index (χ4v) is 4.03. The number of hydrogen-bond acceptors (Lipinski definition) is 4. The lowest BCUT2D eigenvalue weighted by Gasteiger charge is -2.16. The van der Waals surface area contributed by atoms with Crippen LogP contribution in [0.1, 0.15) is 21.6 Å². The molecule has 0 bridgehead atoms. The highest BCUT2D eigenvalue weighted by atomic mass is 32.1. The van der Waals surface area contributed by atoms with Gasteiger partial charge in [-0.25, -0.2) is 4.90 Å². The van der Waals surface area contributed by atoms with Gasteiger partial charge in [-0.1, -0.05) is 24.3 Å². The van der Waals surface area contributed by atoms with Crippen molar-refractivity contribution < 1.29 is 9.59 Å². The second-order valence-electron chi connectivity index (χ2n) is 6.94. The molecule has 0 atom stereocenters. The normalized spacial score (nSPS) is 14.2. The lowest BCUT2D eigenvalue weighted by atomic mass is 10.1. The zero-order valence-corrected chi connectivity index (χ0v) is 16.8. The van der Waals surface area contributed by atoms with Gasteiger partial charge in [0.25, 0.3) is 11.8 Å². The van der Waals surface area contributed by atoms with Crippen molar-refractivity contribution >= 4 is 40.1 Å². The van der Waals surface area contributed by atoms with Gasteiger partial charge in [0, 0.05) is 10.6 Å². The van der Waals surface area contributed by atoms with Gasteiger partial charge in [0.05, 0.1) is 11.3 Å². The highest BCUT2D eigenvalue weighted by Gasteiger charge is 2.40. The average molecular weight is 388 g/mol. The molecule has 1 aliphatic heterocycles. The van der Waals surface area contributed by atoms with E-state index in [1.54, 1.807) is 0 Å². The summed E-state index contributed by atoms with van der Waals surface area (Å²) >= 11 is 1.45. The van der Waals surface area contributed by atoms with Gasteiger partial charge in [-0.2, -0.15) is 0 Å². The summed E-state index contributed by atoms with van der Waals surface area (Å²) in [7, 11) is 0. The molecule has 140 valence electrons. The summed E-state index contributed by atoms with van der Waals surface area (Å²) in [5.41, 5.74) is 5.34. The number of benzene rings is 2. The first-order chi connectivity index (χ1) is 13.5. The van der Waals surface area contributed by atoms with E-state index in [9.17, 15) is 9.59 Å². The van der Waals surface area contributed by atoms with Crippen LogP contribution < -0.4 is 10.2 Å². The Morgan fingerprint density at radius 3 is 2.36 bits per heavy atom. The van der Waals surface area contributed by atoms with Crippen molar-refractivity contribution in [1.29, 1.82) is 0 Å². The van der Waals surface area contributed by atoms with Crippen LogP contribution in [0.25, 0.3) is 5.57 Å². The molecule has 0 saturated heterocycles. The number of anilines is 2. The maximum Gasteiger partial charge on any atom is 0.282 e. The number of imide groups is 1. The van der Waals surface area contributed by atoms with Crippen LogP contribution in [0.3, 0.4) is 0 Å². The summed E-state index contributed by atoms with van der Waals surface area (Å²) in [6.45, 7) is 5.97. The number of nitrogens with one attached hydrogen (secondary N) is 1. The summed E-state index contributed by atoms with van der Waals surface area (Å²) in [4.78, 5) is 28.6. The molecule has 0 radical (unpaired) electrons. The molecule has 0 spiro atoms. The molecule has 1 aliphatic rings. The molecule has 5 heteroatoms. The van der Waals surface area contributed by atoms with Crippen molar-refractivity contribution in [2.24, 2.45) is 0 Å². The Bertz CT molecular complexity index is 1110. The summed E-state index contributed by atoms with van der Waals surface area (Å²) in [5.74, 6) is -0.635. The van der Waals surface area contributed by atoms with Crippen LogP contribution in [0.4, 0.5) is 11.4 Å². The fourth-order valence-electron chi connectivity index (χ4n) is 3.26. The van der Waals surface area contributed by atoms with E-state index < -0.39 is 0 Å². The molecule has 28 heavy (non-hydrogen) atoms. The smallest absolute Gasteiger partial charge is 0.282 e. The van der Waals surface area contributed by atoms with Gasteiger partial charge in [-0.05, 0) is 73.2 Å². The molecule has 1 N–H and O–H groups in total. The first-order valence-corrected chi connectivity index (χ1v) is 9.91. The van der Waals surface area contributed by atoms with Crippen molar-refractivity contribution in [3.05, 3.63) is 87.2 Å². The Morgan fingerprint density at radius 1 is 0.857 bits per heavy atom. The molecule has 0 saturated carbocycles. The Kier molecular flexibility index (Phi) is 4.61. The van der Waals surface area contributed by atoms with E-state index >= 15 is 0 Å². The minimum absolute atomic E-state index is 0.300. The van der Waals surface area contributed by atoms with Gasteiger partial charge >= 0.3 is 0 Å². The molecule has 3 aromatic rings. The Morgan fingerprint density at radius 2 is 1.68 bits per heavy atom. The van der Waals surface area contributed by atoms with Crippen molar-refractivity contribution in [3.63, 3.8) is 0 Å².